The number of hydrogen-bond acceptors (Lipinski definition) is 2. The fourth-order valence-corrected chi connectivity index (χ4v) is 2.89. The molecule has 76 valence electrons. The molecular weight excluding hydrogens is 204 g/mol. The second-order valence-electron chi connectivity index (χ2n) is 3.65. The summed E-state index contributed by atoms with van der Waals surface area (Å²) < 4.78 is 5.22. The minimum atomic E-state index is -1.91. The molecule has 0 amide bonds. The van der Waals surface area contributed by atoms with E-state index in [0.29, 0.717) is 5.57 Å². The second-order valence-corrected chi connectivity index (χ2v) is 10.3. The van der Waals surface area contributed by atoms with E-state index in [1.54, 1.807) is 6.92 Å². The molecule has 0 N–H and O–H groups in total. The van der Waals surface area contributed by atoms with Gasteiger partial charge in [-0.25, -0.2) is 4.79 Å². The number of carbonyl (C=O) groups is 1. The minimum absolute atomic E-state index is 0.127. The summed E-state index contributed by atoms with van der Waals surface area (Å²) in [5, 5.41) is 0. The van der Waals surface area contributed by atoms with Gasteiger partial charge in [0.2, 0.25) is 0 Å². The molecule has 0 saturated carbocycles. The third kappa shape index (κ3) is 4.48. The van der Waals surface area contributed by atoms with E-state index in [9.17, 15) is 4.79 Å². The lowest BCUT2D eigenvalue weighted by atomic mass is 10.4. The quantitative estimate of drug-likeness (QED) is 0.315. The molecule has 0 aromatic heterocycles. The van der Waals surface area contributed by atoms with Gasteiger partial charge in [0.05, 0.1) is 0 Å². The van der Waals surface area contributed by atoms with Gasteiger partial charge in [0.1, 0.15) is 5.73 Å². The maximum atomic E-state index is 11.2. The monoisotopic (exact) mass is 220 g/mol. The zero-order chi connectivity index (χ0) is 10.6. The van der Waals surface area contributed by atoms with Gasteiger partial charge in [-0.05, 0) is 13.3 Å². The number of carbonyl (C=O) groups excluding carboxylic acids is 1. The van der Waals surface area contributed by atoms with E-state index in [4.69, 9.17) is 15.8 Å². The Labute approximate surface area is 85.6 Å². The highest BCUT2D eigenvalue weighted by atomic mass is 35.6. The van der Waals surface area contributed by atoms with Gasteiger partial charge in [0, 0.05) is 5.57 Å². The Balaban J connectivity index is 4.31. The topological polar surface area (TPSA) is 26.3 Å². The summed E-state index contributed by atoms with van der Waals surface area (Å²) in [4.78, 5) is 11.2. The zero-order valence-corrected chi connectivity index (χ0v) is 10.4. The van der Waals surface area contributed by atoms with Crippen LogP contribution in [-0.2, 0) is 9.53 Å². The standard InChI is InChI=1S/C9H17ClO2Si/c1-6-8(13(4,5)10)12-9(11)7(2)3/h8H,2,6H2,1,3-5H3. The average Bonchev–Trinajstić information content (AvgIpc) is 1.96. The lowest BCUT2D eigenvalue weighted by Crippen LogP contribution is -2.39. The maximum absolute atomic E-state index is 11.2. The molecular formula is C9H17ClO2Si. The van der Waals surface area contributed by atoms with Gasteiger partial charge in [-0.15, -0.1) is 0 Å². The first-order valence-electron chi connectivity index (χ1n) is 4.34. The van der Waals surface area contributed by atoms with Crippen molar-refractivity contribution >= 4 is 24.4 Å². The van der Waals surface area contributed by atoms with Gasteiger partial charge < -0.3 is 4.74 Å². The molecule has 0 rings (SSSR count). The first-order valence-corrected chi connectivity index (χ1v) is 8.43. The Kier molecular flexibility index (Phi) is 4.71. The van der Waals surface area contributed by atoms with E-state index in [1.165, 1.54) is 0 Å². The van der Waals surface area contributed by atoms with Crippen molar-refractivity contribution in [1.29, 1.82) is 0 Å². The molecule has 0 bridgehead atoms. The molecule has 0 aromatic rings. The zero-order valence-electron chi connectivity index (χ0n) is 8.69. The Hall–Kier alpha value is -0.283. The number of halogens is 1. The summed E-state index contributed by atoms with van der Waals surface area (Å²) >= 11 is 6.18. The van der Waals surface area contributed by atoms with Crippen molar-refractivity contribution in [1.82, 2.24) is 0 Å². The Morgan fingerprint density at radius 2 is 2.08 bits per heavy atom. The van der Waals surface area contributed by atoms with E-state index < -0.39 is 7.38 Å². The van der Waals surface area contributed by atoms with E-state index in [1.807, 2.05) is 20.0 Å². The van der Waals surface area contributed by atoms with Crippen molar-refractivity contribution in [2.45, 2.75) is 39.1 Å². The van der Waals surface area contributed by atoms with Gasteiger partial charge in [-0.2, -0.15) is 11.1 Å². The average molecular weight is 221 g/mol. The lowest BCUT2D eigenvalue weighted by Gasteiger charge is -2.25. The molecule has 0 aliphatic carbocycles. The SMILES string of the molecule is C=C(C)C(=O)OC(CC)[Si](C)(C)Cl. The molecule has 0 saturated heterocycles. The van der Waals surface area contributed by atoms with Crippen LogP contribution in [0.1, 0.15) is 20.3 Å². The van der Waals surface area contributed by atoms with Crippen LogP contribution < -0.4 is 0 Å². The second kappa shape index (κ2) is 4.82. The number of ether oxygens (including phenoxy) is 1. The van der Waals surface area contributed by atoms with Gasteiger partial charge in [-0.1, -0.05) is 26.6 Å². The van der Waals surface area contributed by atoms with Crippen molar-refractivity contribution in [3.63, 3.8) is 0 Å². The van der Waals surface area contributed by atoms with Crippen LogP contribution in [0.25, 0.3) is 0 Å². The maximum Gasteiger partial charge on any atom is 0.333 e. The Bertz CT molecular complexity index is 208. The summed E-state index contributed by atoms with van der Waals surface area (Å²) in [6, 6.07) is 0. The number of hydrogen-bond donors (Lipinski definition) is 0. The van der Waals surface area contributed by atoms with Crippen LogP contribution in [-0.4, -0.2) is 19.1 Å². The summed E-state index contributed by atoms with van der Waals surface area (Å²) in [5.74, 6) is -0.340. The van der Waals surface area contributed by atoms with Gasteiger partial charge in [-0.3, -0.25) is 0 Å². The van der Waals surface area contributed by atoms with Crippen LogP contribution in [0.5, 0.6) is 0 Å². The molecule has 0 radical (unpaired) electrons. The summed E-state index contributed by atoms with van der Waals surface area (Å²) in [6.45, 7) is 11.1. The number of rotatable bonds is 4. The summed E-state index contributed by atoms with van der Waals surface area (Å²) in [6.07, 6.45) is 0.766. The molecule has 0 aliphatic rings. The smallest absolute Gasteiger partial charge is 0.333 e. The Morgan fingerprint density at radius 1 is 1.62 bits per heavy atom. The molecule has 0 aromatic carbocycles. The Morgan fingerprint density at radius 3 is 2.31 bits per heavy atom. The van der Waals surface area contributed by atoms with Gasteiger partial charge >= 0.3 is 5.97 Å². The van der Waals surface area contributed by atoms with Crippen LogP contribution in [0.4, 0.5) is 0 Å². The molecule has 0 heterocycles. The predicted molar refractivity (Wildman–Crippen MR) is 58.3 cm³/mol. The van der Waals surface area contributed by atoms with Crippen LogP contribution >= 0.6 is 11.1 Å². The van der Waals surface area contributed by atoms with E-state index in [0.717, 1.165) is 6.42 Å². The molecule has 13 heavy (non-hydrogen) atoms. The summed E-state index contributed by atoms with van der Waals surface area (Å²) in [5.41, 5.74) is 0.298. The van der Waals surface area contributed by atoms with E-state index in [2.05, 4.69) is 6.58 Å². The van der Waals surface area contributed by atoms with Crippen molar-refractivity contribution in [3.05, 3.63) is 12.2 Å². The third-order valence-corrected chi connectivity index (χ3v) is 4.52. The van der Waals surface area contributed by atoms with Crippen molar-refractivity contribution in [2.24, 2.45) is 0 Å². The molecule has 0 aliphatic heterocycles. The minimum Gasteiger partial charge on any atom is -0.461 e. The fourth-order valence-electron chi connectivity index (χ4n) is 0.939. The van der Waals surface area contributed by atoms with Crippen LogP contribution in [0.3, 0.4) is 0 Å². The fraction of sp³-hybridized carbons (Fsp3) is 0.667. The predicted octanol–water partition coefficient (Wildman–Crippen LogP) is 2.87. The highest BCUT2D eigenvalue weighted by molar-refractivity contribution is 7.19. The van der Waals surface area contributed by atoms with E-state index >= 15 is 0 Å². The highest BCUT2D eigenvalue weighted by Gasteiger charge is 2.31. The molecule has 0 spiro atoms. The first kappa shape index (κ1) is 12.7. The van der Waals surface area contributed by atoms with Gasteiger partial charge in [0.15, 0.2) is 7.38 Å². The first-order chi connectivity index (χ1) is 5.79. The molecule has 0 fully saturated rings. The van der Waals surface area contributed by atoms with E-state index in [-0.39, 0.29) is 11.7 Å². The third-order valence-electron chi connectivity index (χ3n) is 1.73. The number of esters is 1. The van der Waals surface area contributed by atoms with Gasteiger partial charge in [0.25, 0.3) is 0 Å². The molecule has 2 nitrogen and oxygen atoms in total. The van der Waals surface area contributed by atoms with Crippen molar-refractivity contribution < 1.29 is 9.53 Å². The molecule has 1 unspecified atom stereocenters. The summed E-state index contributed by atoms with van der Waals surface area (Å²) in [7, 11) is -1.91. The van der Waals surface area contributed by atoms with Crippen molar-refractivity contribution in [2.75, 3.05) is 0 Å². The largest absolute Gasteiger partial charge is 0.461 e. The van der Waals surface area contributed by atoms with Crippen molar-refractivity contribution in [3.8, 4) is 0 Å². The van der Waals surface area contributed by atoms with Crippen LogP contribution in [0.15, 0.2) is 12.2 Å². The highest BCUT2D eigenvalue weighted by Crippen LogP contribution is 2.20. The molecule has 1 atom stereocenters. The van der Waals surface area contributed by atoms with Crippen LogP contribution in [0, 0.1) is 0 Å². The van der Waals surface area contributed by atoms with Crippen LogP contribution in [0.2, 0.25) is 13.1 Å². The molecule has 4 heteroatoms. The lowest BCUT2D eigenvalue weighted by molar-refractivity contribution is -0.141. The normalized spacial score (nSPS) is 13.6.